The first-order chi connectivity index (χ1) is 16.8. The second-order valence-electron chi connectivity index (χ2n) is 7.32. The summed E-state index contributed by atoms with van der Waals surface area (Å²) < 4.78 is 11.4. The molecule has 0 bridgehead atoms. The van der Waals surface area contributed by atoms with Gasteiger partial charge in [0.05, 0.1) is 17.0 Å². The van der Waals surface area contributed by atoms with Crippen molar-refractivity contribution >= 4 is 0 Å². The first-order valence-corrected chi connectivity index (χ1v) is 10.4. The van der Waals surface area contributed by atoms with Crippen LogP contribution in [-0.4, -0.2) is 43.4 Å². The molecule has 4 rings (SSSR count). The van der Waals surface area contributed by atoms with Crippen molar-refractivity contribution < 1.29 is 19.7 Å². The van der Waals surface area contributed by atoms with E-state index in [1.807, 2.05) is 28.2 Å². The van der Waals surface area contributed by atoms with E-state index in [0.717, 1.165) is 0 Å². The normalized spacial score (nSPS) is 10.9. The topological polar surface area (TPSA) is 190 Å². The molecular weight excluding hydrogens is 460 g/mol. The second-order valence-corrected chi connectivity index (χ2v) is 7.32. The highest BCUT2D eigenvalue weighted by Gasteiger charge is 2.32. The molecule has 0 saturated carbocycles. The van der Waals surface area contributed by atoms with Gasteiger partial charge in [0.1, 0.15) is 24.7 Å². The Morgan fingerprint density at radius 3 is 1.74 bits per heavy atom. The van der Waals surface area contributed by atoms with Crippen LogP contribution in [0.15, 0.2) is 73.8 Å². The molecule has 0 radical (unpaired) electrons. The molecule has 12 heteroatoms. The predicted octanol–water partition coefficient (Wildman–Crippen LogP) is 0.489. The highest BCUT2D eigenvalue weighted by Crippen LogP contribution is 2.39. The predicted molar refractivity (Wildman–Crippen MR) is 124 cm³/mol. The first-order valence-electron chi connectivity index (χ1n) is 10.4. The Bertz CT molecular complexity index is 1500. The average molecular weight is 480 g/mol. The van der Waals surface area contributed by atoms with Crippen molar-refractivity contribution in [2.45, 2.75) is 5.92 Å². The summed E-state index contributed by atoms with van der Waals surface area (Å²) in [7, 11) is 0. The molecule has 2 aromatic heterocycles. The van der Waals surface area contributed by atoms with Crippen molar-refractivity contribution in [2.24, 2.45) is 0 Å². The quantitative estimate of drug-likeness (QED) is 0.196. The number of hydrogen-bond acceptors (Lipinski definition) is 8. The molecule has 0 aliphatic rings. The largest absolute Gasteiger partial charge is 0.494 e. The summed E-state index contributed by atoms with van der Waals surface area (Å²) in [4.78, 5) is 56.7. The van der Waals surface area contributed by atoms with Crippen LogP contribution in [-0.2, 0) is 0 Å². The Morgan fingerprint density at radius 2 is 1.17 bits per heavy atom. The zero-order chi connectivity index (χ0) is 24.9. The highest BCUT2D eigenvalue weighted by atomic mass is 16.5. The highest BCUT2D eigenvalue weighted by molar-refractivity contribution is 5.52. The maximum absolute atomic E-state index is 12.7. The Labute approximate surface area is 195 Å². The van der Waals surface area contributed by atoms with Crippen molar-refractivity contribution in [1.29, 1.82) is 0 Å². The van der Waals surface area contributed by atoms with Gasteiger partial charge in [0, 0.05) is 5.56 Å². The van der Waals surface area contributed by atoms with Crippen molar-refractivity contribution in [3.05, 3.63) is 113 Å². The van der Waals surface area contributed by atoms with Gasteiger partial charge >= 0.3 is 11.4 Å². The Morgan fingerprint density at radius 1 is 0.657 bits per heavy atom. The molecule has 0 fully saturated rings. The summed E-state index contributed by atoms with van der Waals surface area (Å²) >= 11 is 0. The monoisotopic (exact) mass is 480 g/mol. The zero-order valence-electron chi connectivity index (χ0n) is 18.0. The molecule has 180 valence electrons. The molecule has 2 aromatic carbocycles. The third kappa shape index (κ3) is 5.00. The lowest BCUT2D eigenvalue weighted by Gasteiger charge is -2.21. The van der Waals surface area contributed by atoms with Crippen LogP contribution < -0.4 is 32.0 Å². The fourth-order valence-electron chi connectivity index (χ4n) is 3.64. The molecule has 0 saturated heterocycles. The summed E-state index contributed by atoms with van der Waals surface area (Å²) in [6.45, 7) is 0.235. The SMILES string of the molecule is O=c1[nH]c(O)c(C(c2ccccc2OCCOc2ccccc2)c2c(O)[nH]c(=O)[nH]c2=O)c(=O)[nH]1. The van der Waals surface area contributed by atoms with Crippen molar-refractivity contribution in [1.82, 2.24) is 19.9 Å². The lowest BCUT2D eigenvalue weighted by Crippen LogP contribution is -2.32. The molecule has 0 aliphatic carbocycles. The van der Waals surface area contributed by atoms with Gasteiger partial charge in [-0.3, -0.25) is 29.5 Å². The molecule has 35 heavy (non-hydrogen) atoms. The van der Waals surface area contributed by atoms with E-state index in [2.05, 4.69) is 9.97 Å². The fourth-order valence-corrected chi connectivity index (χ4v) is 3.64. The molecule has 0 amide bonds. The lowest BCUT2D eigenvalue weighted by atomic mass is 9.86. The van der Waals surface area contributed by atoms with E-state index in [1.165, 1.54) is 6.07 Å². The minimum atomic E-state index is -1.44. The standard InChI is InChI=1S/C23H20N4O8/c28-18-16(19(29)25-22(32)24-18)15(17-20(30)26-23(33)27-21(17)31)13-8-4-5-9-14(13)35-11-10-34-12-6-2-1-3-7-12/h1-9,15H,10-11H2,(H3,24,25,28,29,32)(H3,26,27,30,31,33). The fraction of sp³-hybridized carbons (Fsp3) is 0.130. The van der Waals surface area contributed by atoms with Crippen LogP contribution in [0.3, 0.4) is 0 Å². The van der Waals surface area contributed by atoms with Crippen LogP contribution in [0.25, 0.3) is 0 Å². The van der Waals surface area contributed by atoms with E-state index in [4.69, 9.17) is 9.47 Å². The van der Waals surface area contributed by atoms with Crippen LogP contribution in [0.1, 0.15) is 22.6 Å². The molecule has 0 spiro atoms. The number of rotatable bonds is 8. The molecular formula is C23H20N4O8. The maximum atomic E-state index is 12.7. The summed E-state index contributed by atoms with van der Waals surface area (Å²) in [5, 5.41) is 20.9. The van der Waals surface area contributed by atoms with Gasteiger partial charge in [0.25, 0.3) is 11.1 Å². The van der Waals surface area contributed by atoms with Crippen LogP contribution >= 0.6 is 0 Å². The molecule has 4 aromatic rings. The maximum Gasteiger partial charge on any atom is 0.328 e. The van der Waals surface area contributed by atoms with E-state index in [1.54, 1.807) is 30.3 Å². The number of aromatic nitrogens is 4. The van der Waals surface area contributed by atoms with Crippen molar-refractivity contribution in [3.63, 3.8) is 0 Å². The molecule has 0 unspecified atom stereocenters. The number of nitrogens with one attached hydrogen (secondary N) is 4. The summed E-state index contributed by atoms with van der Waals surface area (Å²) in [5.74, 6) is -2.25. The molecule has 0 aliphatic heterocycles. The first kappa shape index (κ1) is 23.2. The van der Waals surface area contributed by atoms with Gasteiger partial charge in [-0.25, -0.2) is 9.59 Å². The number of hydrogen-bond donors (Lipinski definition) is 6. The smallest absolute Gasteiger partial charge is 0.328 e. The Kier molecular flexibility index (Phi) is 6.53. The van der Waals surface area contributed by atoms with E-state index in [-0.39, 0.29) is 24.5 Å². The minimum Gasteiger partial charge on any atom is -0.494 e. The number of H-pyrrole nitrogens is 4. The second kappa shape index (κ2) is 9.87. The molecule has 2 heterocycles. The minimum absolute atomic E-state index is 0.0700. The van der Waals surface area contributed by atoms with E-state index in [9.17, 15) is 29.4 Å². The van der Waals surface area contributed by atoms with Crippen LogP contribution in [0.5, 0.6) is 23.3 Å². The van der Waals surface area contributed by atoms with Gasteiger partial charge < -0.3 is 19.7 Å². The van der Waals surface area contributed by atoms with Gasteiger partial charge in [-0.1, -0.05) is 36.4 Å². The van der Waals surface area contributed by atoms with Crippen LogP contribution in [0.4, 0.5) is 0 Å². The van der Waals surface area contributed by atoms with Crippen molar-refractivity contribution in [3.8, 4) is 23.3 Å². The number of aromatic amines is 4. The lowest BCUT2D eigenvalue weighted by molar-refractivity contribution is 0.215. The van der Waals surface area contributed by atoms with Gasteiger partial charge in [0.15, 0.2) is 0 Å². The number of para-hydroxylation sites is 2. The Balaban J connectivity index is 1.78. The van der Waals surface area contributed by atoms with Gasteiger partial charge in [-0.2, -0.15) is 0 Å². The number of aromatic hydroxyl groups is 2. The van der Waals surface area contributed by atoms with Gasteiger partial charge in [0.2, 0.25) is 11.8 Å². The molecule has 0 atom stereocenters. The van der Waals surface area contributed by atoms with E-state index < -0.39 is 51.3 Å². The summed E-state index contributed by atoms with van der Waals surface area (Å²) in [6, 6.07) is 15.3. The Hall–Kier alpha value is -5.00. The number of benzene rings is 2. The van der Waals surface area contributed by atoms with Crippen LogP contribution in [0.2, 0.25) is 0 Å². The zero-order valence-corrected chi connectivity index (χ0v) is 18.0. The molecule has 6 N–H and O–H groups in total. The summed E-state index contributed by atoms with van der Waals surface area (Å²) in [5.41, 5.74) is -4.68. The van der Waals surface area contributed by atoms with Gasteiger partial charge in [-0.15, -0.1) is 0 Å². The van der Waals surface area contributed by atoms with Gasteiger partial charge in [-0.05, 0) is 18.2 Å². The van der Waals surface area contributed by atoms with Crippen molar-refractivity contribution in [2.75, 3.05) is 13.2 Å². The number of ether oxygens (including phenoxy) is 2. The third-order valence-electron chi connectivity index (χ3n) is 5.08. The van der Waals surface area contributed by atoms with Crippen LogP contribution in [0, 0.1) is 0 Å². The average Bonchev–Trinajstić information content (AvgIpc) is 2.81. The van der Waals surface area contributed by atoms with E-state index in [0.29, 0.717) is 5.75 Å². The summed E-state index contributed by atoms with van der Waals surface area (Å²) in [6.07, 6.45) is 0. The van der Waals surface area contributed by atoms with E-state index >= 15 is 0 Å². The molecule has 12 nitrogen and oxygen atoms in total. The third-order valence-corrected chi connectivity index (χ3v) is 5.08.